The Morgan fingerprint density at radius 3 is 2.81 bits per heavy atom. The first-order valence-corrected chi connectivity index (χ1v) is 11.0. The van der Waals surface area contributed by atoms with Crippen LogP contribution in [0.5, 0.6) is 5.75 Å². The fourth-order valence-electron chi connectivity index (χ4n) is 4.72. The van der Waals surface area contributed by atoms with Crippen molar-refractivity contribution >= 4 is 22.9 Å². The Kier molecular flexibility index (Phi) is 5.57. The van der Waals surface area contributed by atoms with E-state index in [9.17, 15) is 4.79 Å². The standard InChI is InChI=1S/C25H27N3O3/c26-24-22(11-8-18-4-3-12-27-25(18)24)17-6-9-20(10-7-17)31-23-5-1-2-13-28(23)19-14-21(15-29)30-16-19/h3-4,6-12,15,19,21,23H,1-2,5,13-14,16,26H2/t19?,21-,23?/m1/s1. The molecule has 0 saturated carbocycles. The summed E-state index contributed by atoms with van der Waals surface area (Å²) < 4.78 is 12.0. The molecule has 3 atom stereocenters. The Balaban J connectivity index is 1.33. The lowest BCUT2D eigenvalue weighted by molar-refractivity contribution is -0.115. The van der Waals surface area contributed by atoms with Gasteiger partial charge in [-0.15, -0.1) is 0 Å². The van der Waals surface area contributed by atoms with Gasteiger partial charge in [-0.05, 0) is 49.4 Å². The number of piperidine rings is 1. The predicted octanol–water partition coefficient (Wildman–Crippen LogP) is 4.03. The number of fused-ring (bicyclic) bond motifs is 1. The lowest BCUT2D eigenvalue weighted by atomic mass is 10.0. The van der Waals surface area contributed by atoms with Gasteiger partial charge in [-0.2, -0.15) is 0 Å². The number of anilines is 1. The van der Waals surface area contributed by atoms with Gasteiger partial charge in [0.25, 0.3) is 0 Å². The second-order valence-corrected chi connectivity index (χ2v) is 8.33. The van der Waals surface area contributed by atoms with Crippen LogP contribution in [0.4, 0.5) is 5.69 Å². The third-order valence-electron chi connectivity index (χ3n) is 6.37. The highest BCUT2D eigenvalue weighted by Gasteiger charge is 2.36. The highest BCUT2D eigenvalue weighted by atomic mass is 16.5. The van der Waals surface area contributed by atoms with Gasteiger partial charge in [-0.25, -0.2) is 0 Å². The number of nitrogens with two attached hydrogens (primary N) is 1. The summed E-state index contributed by atoms with van der Waals surface area (Å²) in [5, 5.41) is 1.04. The van der Waals surface area contributed by atoms with Gasteiger partial charge in [-0.3, -0.25) is 9.88 Å². The highest BCUT2D eigenvalue weighted by molar-refractivity contribution is 5.97. The lowest BCUT2D eigenvalue weighted by Crippen LogP contribution is -2.49. The molecule has 2 saturated heterocycles. The number of pyridine rings is 1. The molecule has 2 N–H and O–H groups in total. The summed E-state index contributed by atoms with van der Waals surface area (Å²) in [5.41, 5.74) is 9.94. The maximum atomic E-state index is 11.1. The van der Waals surface area contributed by atoms with Gasteiger partial charge >= 0.3 is 0 Å². The van der Waals surface area contributed by atoms with Gasteiger partial charge in [0.2, 0.25) is 0 Å². The number of hydrogen-bond acceptors (Lipinski definition) is 6. The molecule has 2 fully saturated rings. The summed E-state index contributed by atoms with van der Waals surface area (Å²) in [7, 11) is 0. The van der Waals surface area contributed by atoms with Crippen molar-refractivity contribution in [2.75, 3.05) is 18.9 Å². The van der Waals surface area contributed by atoms with Crippen molar-refractivity contribution in [1.82, 2.24) is 9.88 Å². The van der Waals surface area contributed by atoms with Crippen LogP contribution in [-0.2, 0) is 9.53 Å². The summed E-state index contributed by atoms with van der Waals surface area (Å²) in [5.74, 6) is 0.837. The van der Waals surface area contributed by atoms with Gasteiger partial charge in [0.1, 0.15) is 18.1 Å². The number of carbonyl (C=O) groups excluding carboxylic acids is 1. The monoisotopic (exact) mass is 417 g/mol. The number of benzene rings is 2. The van der Waals surface area contributed by atoms with Crippen molar-refractivity contribution in [1.29, 1.82) is 0 Å². The van der Waals surface area contributed by atoms with Gasteiger partial charge in [0, 0.05) is 29.7 Å². The van der Waals surface area contributed by atoms with E-state index in [0.717, 1.165) is 66.3 Å². The number of ether oxygens (including phenoxy) is 2. The second kappa shape index (κ2) is 8.65. The zero-order valence-electron chi connectivity index (χ0n) is 17.4. The van der Waals surface area contributed by atoms with E-state index in [1.807, 2.05) is 42.5 Å². The molecule has 2 unspecified atom stereocenters. The van der Waals surface area contributed by atoms with Gasteiger partial charge in [0.05, 0.1) is 17.8 Å². The van der Waals surface area contributed by atoms with Crippen molar-refractivity contribution < 1.29 is 14.3 Å². The molecule has 0 amide bonds. The molecule has 3 aromatic rings. The van der Waals surface area contributed by atoms with Gasteiger partial charge < -0.3 is 20.0 Å². The third-order valence-corrected chi connectivity index (χ3v) is 6.37. The van der Waals surface area contributed by atoms with E-state index in [-0.39, 0.29) is 18.4 Å². The molecule has 2 aliphatic rings. The summed E-state index contributed by atoms with van der Waals surface area (Å²) in [6.45, 7) is 1.57. The first-order valence-electron chi connectivity index (χ1n) is 11.0. The number of nitrogens with zero attached hydrogens (tertiary/aromatic N) is 2. The van der Waals surface area contributed by atoms with Crippen LogP contribution in [0.3, 0.4) is 0 Å². The van der Waals surface area contributed by atoms with E-state index in [1.165, 1.54) is 0 Å². The number of rotatable bonds is 5. The minimum Gasteiger partial charge on any atom is -0.475 e. The average molecular weight is 418 g/mol. The van der Waals surface area contributed by atoms with E-state index in [2.05, 4.69) is 16.0 Å². The van der Waals surface area contributed by atoms with Crippen molar-refractivity contribution in [2.24, 2.45) is 0 Å². The van der Waals surface area contributed by atoms with E-state index < -0.39 is 0 Å². The summed E-state index contributed by atoms with van der Waals surface area (Å²) >= 11 is 0. The Bertz CT molecular complexity index is 1070. The molecule has 1 aromatic heterocycles. The molecule has 6 nitrogen and oxygen atoms in total. The summed E-state index contributed by atoms with van der Waals surface area (Å²) in [6.07, 6.45) is 6.42. The Hall–Kier alpha value is -2.96. The van der Waals surface area contributed by atoms with Crippen LogP contribution in [0, 0.1) is 0 Å². The van der Waals surface area contributed by atoms with Crippen molar-refractivity contribution in [3.05, 3.63) is 54.7 Å². The van der Waals surface area contributed by atoms with Gasteiger partial charge in [-0.1, -0.05) is 30.3 Å². The molecular formula is C25H27N3O3. The van der Waals surface area contributed by atoms with Gasteiger partial charge in [0.15, 0.2) is 6.23 Å². The number of hydrogen-bond donors (Lipinski definition) is 1. The Morgan fingerprint density at radius 1 is 1.13 bits per heavy atom. The van der Waals surface area contributed by atoms with Crippen LogP contribution in [0.25, 0.3) is 22.0 Å². The smallest absolute Gasteiger partial charge is 0.152 e. The van der Waals surface area contributed by atoms with Crippen LogP contribution >= 0.6 is 0 Å². The summed E-state index contributed by atoms with van der Waals surface area (Å²) in [6, 6.07) is 16.4. The average Bonchev–Trinajstić information content (AvgIpc) is 3.30. The lowest BCUT2D eigenvalue weighted by Gasteiger charge is -2.39. The Morgan fingerprint density at radius 2 is 2.00 bits per heavy atom. The molecule has 5 rings (SSSR count). The second-order valence-electron chi connectivity index (χ2n) is 8.33. The molecule has 31 heavy (non-hydrogen) atoms. The minimum atomic E-state index is -0.284. The zero-order valence-corrected chi connectivity index (χ0v) is 17.4. The largest absolute Gasteiger partial charge is 0.475 e. The normalized spacial score (nSPS) is 24.3. The first-order chi connectivity index (χ1) is 15.2. The van der Waals surface area contributed by atoms with E-state index >= 15 is 0 Å². The molecule has 2 aliphatic heterocycles. The number of aromatic nitrogens is 1. The number of carbonyl (C=O) groups is 1. The molecule has 0 spiro atoms. The molecule has 0 radical (unpaired) electrons. The van der Waals surface area contributed by atoms with Crippen molar-refractivity contribution in [3.63, 3.8) is 0 Å². The SMILES string of the molecule is Nc1c(-c2ccc(OC3CCCCN3C3CO[C@@H](C=O)C3)cc2)ccc2cccnc12. The number of aldehydes is 1. The maximum Gasteiger partial charge on any atom is 0.152 e. The topological polar surface area (TPSA) is 77.7 Å². The Labute approximate surface area is 182 Å². The van der Waals surface area contributed by atoms with E-state index in [1.54, 1.807) is 6.20 Å². The first kappa shape index (κ1) is 20.0. The molecule has 160 valence electrons. The molecule has 3 heterocycles. The van der Waals surface area contributed by atoms with Crippen LogP contribution in [0.1, 0.15) is 25.7 Å². The zero-order chi connectivity index (χ0) is 21.2. The quantitative estimate of drug-likeness (QED) is 0.499. The maximum absolute atomic E-state index is 11.1. The van der Waals surface area contributed by atoms with Crippen molar-refractivity contribution in [2.45, 2.75) is 44.1 Å². The molecule has 6 heteroatoms. The minimum absolute atomic E-state index is 0.00791. The van der Waals surface area contributed by atoms with E-state index in [4.69, 9.17) is 15.2 Å². The van der Waals surface area contributed by atoms with Crippen LogP contribution in [0.2, 0.25) is 0 Å². The molecule has 2 aromatic carbocycles. The molecule has 0 bridgehead atoms. The molecular weight excluding hydrogens is 390 g/mol. The highest BCUT2D eigenvalue weighted by Crippen LogP contribution is 2.33. The van der Waals surface area contributed by atoms with Crippen LogP contribution < -0.4 is 10.5 Å². The summed E-state index contributed by atoms with van der Waals surface area (Å²) in [4.78, 5) is 17.9. The number of likely N-dealkylation sites (tertiary alicyclic amines) is 1. The van der Waals surface area contributed by atoms with Crippen molar-refractivity contribution in [3.8, 4) is 16.9 Å². The number of nitrogen functional groups attached to an aromatic ring is 1. The van der Waals surface area contributed by atoms with Crippen LogP contribution in [-0.4, -0.2) is 47.7 Å². The van der Waals surface area contributed by atoms with Crippen LogP contribution in [0.15, 0.2) is 54.7 Å². The fourth-order valence-corrected chi connectivity index (χ4v) is 4.72. The molecule has 0 aliphatic carbocycles. The van der Waals surface area contributed by atoms with E-state index in [0.29, 0.717) is 12.3 Å². The third kappa shape index (κ3) is 4.01. The fraction of sp³-hybridized carbons (Fsp3) is 0.360. The predicted molar refractivity (Wildman–Crippen MR) is 121 cm³/mol.